The van der Waals surface area contributed by atoms with Crippen molar-refractivity contribution in [2.24, 2.45) is 0 Å². The molecule has 0 N–H and O–H groups in total. The first kappa shape index (κ1) is 10.6. The quantitative estimate of drug-likeness (QED) is 0.780. The standard InChI is InChI=1S/C11H14BrO/c1-3-4-5-9-6-7-10(12)8-11(9)13-2/h5-8H,3-4H2,1-2H3. The highest BCUT2D eigenvalue weighted by Crippen LogP contribution is 2.25. The molecule has 13 heavy (non-hydrogen) atoms. The highest BCUT2D eigenvalue weighted by atomic mass is 79.9. The Morgan fingerprint density at radius 2 is 2.23 bits per heavy atom. The minimum atomic E-state index is 0.933. The first-order chi connectivity index (χ1) is 6.27. The summed E-state index contributed by atoms with van der Waals surface area (Å²) in [6.45, 7) is 2.17. The van der Waals surface area contributed by atoms with Crippen molar-refractivity contribution < 1.29 is 4.74 Å². The summed E-state index contributed by atoms with van der Waals surface area (Å²) in [6, 6.07) is 6.09. The first-order valence-corrected chi connectivity index (χ1v) is 5.24. The zero-order valence-electron chi connectivity index (χ0n) is 8.01. The molecule has 0 spiro atoms. The van der Waals surface area contributed by atoms with E-state index in [0.717, 1.165) is 16.6 Å². The third kappa shape index (κ3) is 3.03. The summed E-state index contributed by atoms with van der Waals surface area (Å²) in [7, 11) is 1.70. The van der Waals surface area contributed by atoms with E-state index in [-0.39, 0.29) is 0 Å². The van der Waals surface area contributed by atoms with Gasteiger partial charge < -0.3 is 4.74 Å². The third-order valence-electron chi connectivity index (χ3n) is 1.85. The van der Waals surface area contributed by atoms with Crippen LogP contribution in [0.15, 0.2) is 22.7 Å². The Kier molecular flexibility index (Phi) is 4.29. The summed E-state index contributed by atoms with van der Waals surface area (Å²) < 4.78 is 6.32. The van der Waals surface area contributed by atoms with Gasteiger partial charge in [-0.2, -0.15) is 0 Å². The summed E-state index contributed by atoms with van der Waals surface area (Å²) in [5.74, 6) is 0.933. The van der Waals surface area contributed by atoms with E-state index < -0.39 is 0 Å². The van der Waals surface area contributed by atoms with Crippen LogP contribution in [0.2, 0.25) is 0 Å². The van der Waals surface area contributed by atoms with E-state index in [0.29, 0.717) is 0 Å². The molecule has 0 aromatic heterocycles. The molecule has 1 rings (SSSR count). The van der Waals surface area contributed by atoms with Crippen molar-refractivity contribution in [2.75, 3.05) is 7.11 Å². The smallest absolute Gasteiger partial charge is 0.123 e. The van der Waals surface area contributed by atoms with E-state index in [1.807, 2.05) is 12.1 Å². The number of unbranched alkanes of at least 4 members (excludes halogenated alkanes) is 1. The van der Waals surface area contributed by atoms with Crippen molar-refractivity contribution in [3.63, 3.8) is 0 Å². The van der Waals surface area contributed by atoms with Crippen molar-refractivity contribution >= 4 is 15.9 Å². The van der Waals surface area contributed by atoms with Crippen LogP contribution in [0, 0.1) is 6.42 Å². The van der Waals surface area contributed by atoms with E-state index in [4.69, 9.17) is 4.74 Å². The Balaban J connectivity index is 2.79. The van der Waals surface area contributed by atoms with Crippen LogP contribution in [0.3, 0.4) is 0 Å². The molecule has 0 fully saturated rings. The Labute approximate surface area is 88.2 Å². The fourth-order valence-electron chi connectivity index (χ4n) is 1.15. The Morgan fingerprint density at radius 3 is 2.85 bits per heavy atom. The second kappa shape index (κ2) is 5.28. The summed E-state index contributed by atoms with van der Waals surface area (Å²) in [4.78, 5) is 0. The number of rotatable bonds is 4. The molecule has 0 saturated heterocycles. The van der Waals surface area contributed by atoms with Gasteiger partial charge in [0.25, 0.3) is 0 Å². The lowest BCUT2D eigenvalue weighted by molar-refractivity contribution is 0.411. The van der Waals surface area contributed by atoms with Gasteiger partial charge in [-0.05, 0) is 30.5 Å². The Hall–Kier alpha value is -0.500. The molecule has 0 aliphatic heterocycles. The average Bonchev–Trinajstić information content (AvgIpc) is 2.16. The molecule has 1 radical (unpaired) electrons. The maximum Gasteiger partial charge on any atom is 0.123 e. The van der Waals surface area contributed by atoms with Crippen molar-refractivity contribution in [2.45, 2.75) is 19.8 Å². The molecule has 1 aromatic carbocycles. The minimum Gasteiger partial charge on any atom is -0.496 e. The van der Waals surface area contributed by atoms with Gasteiger partial charge in [0.05, 0.1) is 7.11 Å². The largest absolute Gasteiger partial charge is 0.496 e. The molecule has 2 heteroatoms. The maximum absolute atomic E-state index is 5.26. The zero-order chi connectivity index (χ0) is 9.68. The van der Waals surface area contributed by atoms with Crippen LogP contribution in [0.25, 0.3) is 0 Å². The monoisotopic (exact) mass is 241 g/mol. The van der Waals surface area contributed by atoms with Gasteiger partial charge in [-0.1, -0.05) is 35.3 Å². The molecule has 1 aromatic rings. The molecular formula is C11H14BrO. The van der Waals surface area contributed by atoms with Crippen LogP contribution in [0.4, 0.5) is 0 Å². The second-order valence-corrected chi connectivity index (χ2v) is 3.79. The van der Waals surface area contributed by atoms with Gasteiger partial charge in [-0.15, -0.1) is 0 Å². The highest BCUT2D eigenvalue weighted by Gasteiger charge is 2.02. The summed E-state index contributed by atoms with van der Waals surface area (Å²) in [5.41, 5.74) is 1.17. The molecule has 0 amide bonds. The van der Waals surface area contributed by atoms with Crippen LogP contribution in [0.5, 0.6) is 5.75 Å². The normalized spacial score (nSPS) is 10.1. The van der Waals surface area contributed by atoms with E-state index in [1.165, 1.54) is 12.0 Å². The number of methoxy groups -OCH3 is 1. The van der Waals surface area contributed by atoms with Gasteiger partial charge >= 0.3 is 0 Å². The molecule has 1 nitrogen and oxygen atoms in total. The van der Waals surface area contributed by atoms with Gasteiger partial charge in [-0.25, -0.2) is 0 Å². The predicted molar refractivity (Wildman–Crippen MR) is 59.0 cm³/mol. The maximum atomic E-state index is 5.26. The number of halogens is 1. The van der Waals surface area contributed by atoms with E-state index in [9.17, 15) is 0 Å². The summed E-state index contributed by atoms with van der Waals surface area (Å²) >= 11 is 3.41. The van der Waals surface area contributed by atoms with Crippen molar-refractivity contribution in [3.05, 3.63) is 34.7 Å². The van der Waals surface area contributed by atoms with Crippen LogP contribution >= 0.6 is 15.9 Å². The molecule has 0 aliphatic carbocycles. The number of hydrogen-bond donors (Lipinski definition) is 0. The van der Waals surface area contributed by atoms with Crippen molar-refractivity contribution in [1.82, 2.24) is 0 Å². The summed E-state index contributed by atoms with van der Waals surface area (Å²) in [6.07, 6.45) is 4.46. The van der Waals surface area contributed by atoms with Crippen LogP contribution in [0.1, 0.15) is 25.3 Å². The fraction of sp³-hybridized carbons (Fsp3) is 0.364. The molecule has 0 aliphatic rings. The van der Waals surface area contributed by atoms with E-state index in [1.54, 1.807) is 7.11 Å². The SMILES string of the molecule is CCC[CH]c1ccc(Br)cc1OC. The third-order valence-corrected chi connectivity index (χ3v) is 2.34. The average molecular weight is 242 g/mol. The lowest BCUT2D eigenvalue weighted by Crippen LogP contribution is -1.90. The molecule has 0 unspecified atom stereocenters. The fourth-order valence-corrected chi connectivity index (χ4v) is 1.49. The summed E-state index contributed by atoms with van der Waals surface area (Å²) in [5, 5.41) is 0. The molecule has 71 valence electrons. The van der Waals surface area contributed by atoms with Gasteiger partial charge in [0.15, 0.2) is 0 Å². The van der Waals surface area contributed by atoms with Crippen LogP contribution in [-0.4, -0.2) is 7.11 Å². The topological polar surface area (TPSA) is 9.23 Å². The molecule has 0 heterocycles. The van der Waals surface area contributed by atoms with Crippen molar-refractivity contribution in [3.8, 4) is 5.75 Å². The minimum absolute atomic E-state index is 0.933. The van der Waals surface area contributed by atoms with Crippen molar-refractivity contribution in [1.29, 1.82) is 0 Å². The highest BCUT2D eigenvalue weighted by molar-refractivity contribution is 9.10. The Bertz CT molecular complexity index is 271. The first-order valence-electron chi connectivity index (χ1n) is 4.44. The molecule has 0 saturated carbocycles. The lowest BCUT2D eigenvalue weighted by Gasteiger charge is -2.07. The number of ether oxygens (including phenoxy) is 1. The van der Waals surface area contributed by atoms with Crippen LogP contribution < -0.4 is 4.74 Å². The van der Waals surface area contributed by atoms with E-state index in [2.05, 4.69) is 35.3 Å². The number of hydrogen-bond acceptors (Lipinski definition) is 1. The second-order valence-electron chi connectivity index (χ2n) is 2.88. The lowest BCUT2D eigenvalue weighted by atomic mass is 10.1. The zero-order valence-corrected chi connectivity index (χ0v) is 9.60. The number of benzene rings is 1. The molecular weight excluding hydrogens is 228 g/mol. The van der Waals surface area contributed by atoms with Gasteiger partial charge in [0, 0.05) is 4.47 Å². The van der Waals surface area contributed by atoms with E-state index >= 15 is 0 Å². The van der Waals surface area contributed by atoms with Gasteiger partial charge in [-0.3, -0.25) is 0 Å². The van der Waals surface area contributed by atoms with Gasteiger partial charge in [0.2, 0.25) is 0 Å². The predicted octanol–water partition coefficient (Wildman–Crippen LogP) is 3.81. The van der Waals surface area contributed by atoms with Crippen LogP contribution in [-0.2, 0) is 0 Å². The Morgan fingerprint density at radius 1 is 1.46 bits per heavy atom. The molecule has 0 atom stereocenters. The van der Waals surface area contributed by atoms with Gasteiger partial charge in [0.1, 0.15) is 5.75 Å². The molecule has 0 bridgehead atoms.